The lowest BCUT2D eigenvalue weighted by Crippen LogP contribution is -2.18. The Labute approximate surface area is 175 Å². The Hall–Kier alpha value is -3.80. The Kier molecular flexibility index (Phi) is 7.44. The highest BCUT2D eigenvalue weighted by atomic mass is 16.6. The minimum atomic E-state index is -0.529. The highest BCUT2D eigenvalue weighted by Gasteiger charge is 2.11. The summed E-state index contributed by atoms with van der Waals surface area (Å²) in [6.45, 7) is 2.28. The predicted octanol–water partition coefficient (Wildman–Crippen LogP) is 4.64. The fraction of sp³-hybridized carbons (Fsp3) is 0.167. The predicted molar refractivity (Wildman–Crippen MR) is 115 cm³/mol. The van der Waals surface area contributed by atoms with E-state index in [1.54, 1.807) is 42.6 Å². The van der Waals surface area contributed by atoms with Gasteiger partial charge in [-0.25, -0.2) is 4.79 Å². The maximum atomic E-state index is 12.2. The molecule has 0 bridgehead atoms. The molecule has 2 aromatic carbocycles. The number of benzene rings is 2. The molecule has 30 heavy (non-hydrogen) atoms. The number of carbonyl (C=O) groups excluding carboxylic acids is 1. The first-order valence-electron chi connectivity index (χ1n) is 9.51. The Morgan fingerprint density at radius 2 is 1.70 bits per heavy atom. The lowest BCUT2D eigenvalue weighted by molar-refractivity contribution is -0.136. The van der Waals surface area contributed by atoms with Gasteiger partial charge in [0.2, 0.25) is 0 Å². The van der Waals surface area contributed by atoms with Crippen molar-refractivity contribution in [3.8, 4) is 23.0 Å². The second-order valence-corrected chi connectivity index (χ2v) is 6.17. The standard InChI is InChI=1S/C24H23NO5/c1-3-28-20-10-12-21(13-11-20)29-17-24(26)30-22-14-8-18(16-23(22)27-2)7-9-19-6-4-5-15-25-19/h4-16H,3,17H2,1-2H3/b9-7+. The van der Waals surface area contributed by atoms with Crippen LogP contribution in [0, 0.1) is 0 Å². The number of ether oxygens (including phenoxy) is 4. The molecule has 0 aliphatic heterocycles. The van der Waals surface area contributed by atoms with Crippen LogP contribution in [0.2, 0.25) is 0 Å². The molecule has 6 heteroatoms. The Balaban J connectivity index is 1.58. The van der Waals surface area contributed by atoms with Crippen molar-refractivity contribution < 1.29 is 23.7 Å². The van der Waals surface area contributed by atoms with Crippen molar-refractivity contribution in [2.75, 3.05) is 20.3 Å². The summed E-state index contributed by atoms with van der Waals surface area (Å²) in [7, 11) is 1.52. The normalized spacial score (nSPS) is 10.6. The van der Waals surface area contributed by atoms with Crippen LogP contribution in [0.5, 0.6) is 23.0 Å². The van der Waals surface area contributed by atoms with Gasteiger partial charge in [-0.05, 0) is 67.1 Å². The van der Waals surface area contributed by atoms with Crippen LogP contribution < -0.4 is 18.9 Å². The number of carbonyl (C=O) groups is 1. The Morgan fingerprint density at radius 3 is 2.37 bits per heavy atom. The average Bonchev–Trinajstić information content (AvgIpc) is 2.79. The highest BCUT2D eigenvalue weighted by molar-refractivity contribution is 5.76. The summed E-state index contributed by atoms with van der Waals surface area (Å²) in [5, 5.41) is 0. The smallest absolute Gasteiger partial charge is 0.349 e. The molecule has 3 rings (SSSR count). The average molecular weight is 405 g/mol. The van der Waals surface area contributed by atoms with Crippen molar-refractivity contribution in [2.45, 2.75) is 6.92 Å². The first kappa shape index (κ1) is 20.9. The summed E-state index contributed by atoms with van der Waals surface area (Å²) in [4.78, 5) is 16.4. The zero-order valence-corrected chi connectivity index (χ0v) is 16.9. The largest absolute Gasteiger partial charge is 0.494 e. The molecule has 0 radical (unpaired) electrons. The molecule has 0 N–H and O–H groups in total. The van der Waals surface area contributed by atoms with E-state index in [0.717, 1.165) is 17.0 Å². The highest BCUT2D eigenvalue weighted by Crippen LogP contribution is 2.29. The third-order valence-corrected chi connectivity index (χ3v) is 4.04. The summed E-state index contributed by atoms with van der Waals surface area (Å²) in [6, 6.07) is 18.0. The molecule has 1 aromatic heterocycles. The summed E-state index contributed by atoms with van der Waals surface area (Å²) in [5.74, 6) is 1.55. The minimum absolute atomic E-state index is 0.224. The molecule has 0 saturated carbocycles. The number of esters is 1. The summed E-state index contributed by atoms with van der Waals surface area (Å²) < 4.78 is 21.6. The molecule has 0 spiro atoms. The van der Waals surface area contributed by atoms with Gasteiger partial charge in [0.25, 0.3) is 0 Å². The van der Waals surface area contributed by atoms with Gasteiger partial charge >= 0.3 is 5.97 Å². The van der Waals surface area contributed by atoms with Crippen molar-refractivity contribution in [2.24, 2.45) is 0 Å². The van der Waals surface area contributed by atoms with E-state index >= 15 is 0 Å². The van der Waals surface area contributed by atoms with E-state index in [4.69, 9.17) is 18.9 Å². The molecule has 0 saturated heterocycles. The van der Waals surface area contributed by atoms with Crippen molar-refractivity contribution in [3.05, 3.63) is 78.1 Å². The molecular weight excluding hydrogens is 382 g/mol. The molecule has 0 atom stereocenters. The van der Waals surface area contributed by atoms with E-state index in [0.29, 0.717) is 23.9 Å². The number of aromatic nitrogens is 1. The Bertz CT molecular complexity index is 984. The van der Waals surface area contributed by atoms with Gasteiger partial charge < -0.3 is 18.9 Å². The van der Waals surface area contributed by atoms with E-state index in [9.17, 15) is 4.79 Å². The molecule has 3 aromatic rings. The second kappa shape index (κ2) is 10.7. The fourth-order valence-corrected chi connectivity index (χ4v) is 2.62. The van der Waals surface area contributed by atoms with Crippen LogP contribution in [-0.2, 0) is 4.79 Å². The molecule has 0 aliphatic carbocycles. The zero-order chi connectivity index (χ0) is 21.2. The fourth-order valence-electron chi connectivity index (χ4n) is 2.62. The van der Waals surface area contributed by atoms with E-state index in [1.165, 1.54) is 7.11 Å². The number of pyridine rings is 1. The maximum Gasteiger partial charge on any atom is 0.349 e. The first-order chi connectivity index (χ1) is 14.7. The number of nitrogens with zero attached hydrogens (tertiary/aromatic N) is 1. The van der Waals surface area contributed by atoms with Crippen LogP contribution in [-0.4, -0.2) is 31.3 Å². The number of rotatable bonds is 9. The van der Waals surface area contributed by atoms with Gasteiger partial charge in [-0.15, -0.1) is 0 Å². The topological polar surface area (TPSA) is 66.9 Å². The third kappa shape index (κ3) is 6.10. The van der Waals surface area contributed by atoms with Gasteiger partial charge in [-0.2, -0.15) is 0 Å². The SMILES string of the molecule is CCOc1ccc(OCC(=O)Oc2ccc(/C=C/c3ccccn3)cc2OC)cc1. The van der Waals surface area contributed by atoms with Crippen molar-refractivity contribution in [1.29, 1.82) is 0 Å². The van der Waals surface area contributed by atoms with Crippen molar-refractivity contribution >= 4 is 18.1 Å². The van der Waals surface area contributed by atoms with Crippen LogP contribution in [0.4, 0.5) is 0 Å². The number of methoxy groups -OCH3 is 1. The van der Waals surface area contributed by atoms with E-state index < -0.39 is 5.97 Å². The van der Waals surface area contributed by atoms with Crippen LogP contribution in [0.25, 0.3) is 12.2 Å². The maximum absolute atomic E-state index is 12.2. The third-order valence-electron chi connectivity index (χ3n) is 4.04. The van der Waals surface area contributed by atoms with Crippen molar-refractivity contribution in [1.82, 2.24) is 4.98 Å². The number of hydrogen-bond donors (Lipinski definition) is 0. The molecule has 6 nitrogen and oxygen atoms in total. The summed E-state index contributed by atoms with van der Waals surface area (Å²) in [5.41, 5.74) is 1.74. The van der Waals surface area contributed by atoms with Gasteiger partial charge in [-0.1, -0.05) is 18.2 Å². The van der Waals surface area contributed by atoms with Crippen LogP contribution in [0.3, 0.4) is 0 Å². The van der Waals surface area contributed by atoms with Crippen molar-refractivity contribution in [3.63, 3.8) is 0 Å². The van der Waals surface area contributed by atoms with Crippen LogP contribution >= 0.6 is 0 Å². The monoisotopic (exact) mass is 405 g/mol. The van der Waals surface area contributed by atoms with Gasteiger partial charge in [0.1, 0.15) is 11.5 Å². The molecule has 154 valence electrons. The van der Waals surface area contributed by atoms with E-state index in [2.05, 4.69) is 4.98 Å². The van der Waals surface area contributed by atoms with Crippen LogP contribution in [0.1, 0.15) is 18.2 Å². The number of hydrogen-bond acceptors (Lipinski definition) is 6. The summed E-state index contributed by atoms with van der Waals surface area (Å²) >= 11 is 0. The lowest BCUT2D eigenvalue weighted by Gasteiger charge is -2.11. The van der Waals surface area contributed by atoms with Gasteiger partial charge in [0.05, 0.1) is 19.4 Å². The second-order valence-electron chi connectivity index (χ2n) is 6.17. The van der Waals surface area contributed by atoms with Gasteiger partial charge in [0.15, 0.2) is 18.1 Å². The van der Waals surface area contributed by atoms with Gasteiger partial charge in [0, 0.05) is 6.20 Å². The zero-order valence-electron chi connectivity index (χ0n) is 16.9. The van der Waals surface area contributed by atoms with Crippen LogP contribution in [0.15, 0.2) is 66.9 Å². The van der Waals surface area contributed by atoms with Gasteiger partial charge in [-0.3, -0.25) is 4.98 Å². The molecule has 0 amide bonds. The molecular formula is C24H23NO5. The molecule has 0 fully saturated rings. The van der Waals surface area contributed by atoms with E-state index in [-0.39, 0.29) is 6.61 Å². The first-order valence-corrected chi connectivity index (χ1v) is 9.51. The molecule has 1 heterocycles. The minimum Gasteiger partial charge on any atom is -0.494 e. The Morgan fingerprint density at radius 1 is 0.933 bits per heavy atom. The summed E-state index contributed by atoms with van der Waals surface area (Å²) in [6.07, 6.45) is 5.54. The molecule has 0 aliphatic rings. The van der Waals surface area contributed by atoms with E-state index in [1.807, 2.05) is 43.3 Å². The lowest BCUT2D eigenvalue weighted by atomic mass is 10.1. The quantitative estimate of drug-likeness (QED) is 0.382. The molecule has 0 unspecified atom stereocenters.